The van der Waals surface area contributed by atoms with Crippen LogP contribution in [0.3, 0.4) is 0 Å². The van der Waals surface area contributed by atoms with Crippen LogP contribution >= 0.6 is 11.3 Å². The number of fused-ring (bicyclic) bond motifs is 1. The normalized spacial score (nSPS) is 12.0. The maximum absolute atomic E-state index is 13.1. The minimum atomic E-state index is -3.81. The highest BCUT2D eigenvalue weighted by molar-refractivity contribution is 7.92. The lowest BCUT2D eigenvalue weighted by molar-refractivity contribution is 0.0600. The molecule has 36 heavy (non-hydrogen) atoms. The lowest BCUT2D eigenvalue weighted by Gasteiger charge is -2.08. The fourth-order valence-corrected chi connectivity index (χ4v) is 5.65. The first-order valence-electron chi connectivity index (χ1n) is 10.8. The van der Waals surface area contributed by atoms with Crippen molar-refractivity contribution < 1.29 is 27.5 Å². The number of amides is 1. The molecule has 0 aliphatic rings. The molecule has 0 unspecified atom stereocenters. The molecule has 4 rings (SSSR count). The van der Waals surface area contributed by atoms with Gasteiger partial charge in [-0.2, -0.15) is 4.99 Å². The summed E-state index contributed by atoms with van der Waals surface area (Å²) < 4.78 is 40.4. The lowest BCUT2D eigenvalue weighted by atomic mass is 10.2. The van der Waals surface area contributed by atoms with Crippen LogP contribution in [0.2, 0.25) is 0 Å². The second-order valence-electron chi connectivity index (χ2n) is 7.62. The van der Waals surface area contributed by atoms with Gasteiger partial charge in [0.2, 0.25) is 0 Å². The zero-order valence-corrected chi connectivity index (χ0v) is 21.1. The molecule has 0 saturated carbocycles. The molecule has 1 heterocycles. The first kappa shape index (κ1) is 25.3. The monoisotopic (exact) mass is 525 g/mol. The molecule has 1 aromatic heterocycles. The molecule has 0 aliphatic carbocycles. The Balaban J connectivity index is 1.69. The maximum Gasteiger partial charge on any atom is 0.337 e. The van der Waals surface area contributed by atoms with E-state index in [0.717, 1.165) is 10.2 Å². The van der Waals surface area contributed by atoms with Gasteiger partial charge in [-0.15, -0.1) is 0 Å². The minimum absolute atomic E-state index is 0.113. The van der Waals surface area contributed by atoms with Crippen LogP contribution in [0, 0.1) is 0 Å². The molecule has 1 N–H and O–H groups in total. The highest BCUT2D eigenvalue weighted by atomic mass is 32.2. The number of nitrogens with zero attached hydrogens (tertiary/aromatic N) is 2. The number of sulfonamides is 1. The minimum Gasteiger partial charge on any atom is -0.465 e. The highest BCUT2D eigenvalue weighted by Gasteiger charge is 2.16. The summed E-state index contributed by atoms with van der Waals surface area (Å²) in [5.74, 6) is -1.00. The SMILES string of the molecule is COCCn1c(=NC(=O)c2cccc(NS(=O)(=O)c3ccccc3)c2)sc2cc(C(=O)OC)ccc21. The molecule has 11 heteroatoms. The Hall–Kier alpha value is -3.80. The van der Waals surface area contributed by atoms with Gasteiger partial charge in [0.05, 0.1) is 34.4 Å². The summed E-state index contributed by atoms with van der Waals surface area (Å²) in [4.78, 5) is 29.8. The summed E-state index contributed by atoms with van der Waals surface area (Å²) in [6, 6.07) is 19.2. The number of esters is 1. The van der Waals surface area contributed by atoms with Crippen molar-refractivity contribution in [3.8, 4) is 0 Å². The van der Waals surface area contributed by atoms with Crippen molar-refractivity contribution in [1.29, 1.82) is 0 Å². The van der Waals surface area contributed by atoms with Crippen molar-refractivity contribution in [1.82, 2.24) is 4.57 Å². The average Bonchev–Trinajstić information content (AvgIpc) is 3.23. The largest absolute Gasteiger partial charge is 0.465 e. The molecular formula is C25H23N3O6S2. The predicted octanol–water partition coefficient (Wildman–Crippen LogP) is 3.68. The van der Waals surface area contributed by atoms with Gasteiger partial charge in [-0.25, -0.2) is 13.2 Å². The van der Waals surface area contributed by atoms with Crippen molar-refractivity contribution in [2.75, 3.05) is 25.5 Å². The quantitative estimate of drug-likeness (QED) is 0.351. The topological polar surface area (TPSA) is 116 Å². The number of rotatable bonds is 8. The first-order valence-corrected chi connectivity index (χ1v) is 13.1. The van der Waals surface area contributed by atoms with Gasteiger partial charge in [0.1, 0.15) is 0 Å². The highest BCUT2D eigenvalue weighted by Crippen LogP contribution is 2.21. The number of methoxy groups -OCH3 is 2. The van der Waals surface area contributed by atoms with E-state index in [1.165, 1.54) is 36.6 Å². The number of carbonyl (C=O) groups is 2. The molecular weight excluding hydrogens is 502 g/mol. The Morgan fingerprint density at radius 3 is 2.47 bits per heavy atom. The van der Waals surface area contributed by atoms with E-state index in [4.69, 9.17) is 9.47 Å². The van der Waals surface area contributed by atoms with Gasteiger partial charge in [0.15, 0.2) is 4.80 Å². The number of ether oxygens (including phenoxy) is 2. The third-order valence-electron chi connectivity index (χ3n) is 5.24. The first-order chi connectivity index (χ1) is 17.3. The standard InChI is InChI=1S/C25H23N3O6S2/c1-33-14-13-28-21-12-11-18(24(30)34-2)16-22(21)35-25(28)26-23(29)17-7-6-8-19(15-17)27-36(31,32)20-9-4-3-5-10-20/h3-12,15-16,27H,13-14H2,1-2H3. The molecule has 1 amide bonds. The van der Waals surface area contributed by atoms with Gasteiger partial charge in [-0.05, 0) is 48.5 Å². The van der Waals surface area contributed by atoms with Crippen LogP contribution in [0.4, 0.5) is 5.69 Å². The number of thiazole rings is 1. The van der Waals surface area contributed by atoms with Crippen LogP contribution in [-0.4, -0.2) is 45.7 Å². The molecule has 0 atom stereocenters. The summed E-state index contributed by atoms with van der Waals surface area (Å²) in [5.41, 5.74) is 1.64. The predicted molar refractivity (Wildman–Crippen MR) is 137 cm³/mol. The van der Waals surface area contributed by atoms with Crippen molar-refractivity contribution in [3.63, 3.8) is 0 Å². The van der Waals surface area contributed by atoms with Crippen molar-refractivity contribution in [3.05, 3.63) is 88.7 Å². The van der Waals surface area contributed by atoms with Crippen molar-refractivity contribution in [2.45, 2.75) is 11.4 Å². The summed E-state index contributed by atoms with van der Waals surface area (Å²) in [7, 11) is -0.917. The van der Waals surface area contributed by atoms with Crippen molar-refractivity contribution in [2.24, 2.45) is 4.99 Å². The average molecular weight is 526 g/mol. The Labute approximate surface area is 211 Å². The molecule has 0 radical (unpaired) electrons. The van der Waals surface area contributed by atoms with Crippen LogP contribution < -0.4 is 9.52 Å². The molecule has 4 aromatic rings. The van der Waals surface area contributed by atoms with E-state index in [1.807, 2.05) is 4.57 Å². The van der Waals surface area contributed by atoms with Crippen LogP contribution in [0.15, 0.2) is 82.7 Å². The number of benzene rings is 3. The molecule has 0 aliphatic heterocycles. The molecule has 9 nitrogen and oxygen atoms in total. The zero-order chi connectivity index (χ0) is 25.7. The van der Waals surface area contributed by atoms with E-state index >= 15 is 0 Å². The van der Waals surface area contributed by atoms with Gasteiger partial charge < -0.3 is 14.0 Å². The zero-order valence-electron chi connectivity index (χ0n) is 19.5. The fourth-order valence-electron chi connectivity index (χ4n) is 3.48. The van der Waals surface area contributed by atoms with E-state index in [0.29, 0.717) is 23.5 Å². The Morgan fingerprint density at radius 1 is 0.972 bits per heavy atom. The van der Waals surface area contributed by atoms with Gasteiger partial charge in [0, 0.05) is 24.9 Å². The van der Waals surface area contributed by atoms with Gasteiger partial charge in [-0.1, -0.05) is 35.6 Å². The number of aromatic nitrogens is 1. The van der Waals surface area contributed by atoms with Crippen LogP contribution in [0.5, 0.6) is 0 Å². The second kappa shape index (κ2) is 10.9. The molecule has 3 aromatic carbocycles. The molecule has 0 fully saturated rings. The number of carbonyl (C=O) groups excluding carboxylic acids is 2. The maximum atomic E-state index is 13.1. The lowest BCUT2D eigenvalue weighted by Crippen LogP contribution is -2.19. The number of hydrogen-bond donors (Lipinski definition) is 1. The van der Waals surface area contributed by atoms with E-state index < -0.39 is 21.9 Å². The third-order valence-corrected chi connectivity index (χ3v) is 7.67. The Bertz CT molecular complexity index is 1590. The van der Waals surface area contributed by atoms with Crippen molar-refractivity contribution >= 4 is 49.1 Å². The summed E-state index contributed by atoms with van der Waals surface area (Å²) in [6.07, 6.45) is 0. The smallest absolute Gasteiger partial charge is 0.337 e. The summed E-state index contributed by atoms with van der Waals surface area (Å²) in [5, 5.41) is 0. The Morgan fingerprint density at radius 2 is 1.75 bits per heavy atom. The van der Waals surface area contributed by atoms with E-state index in [-0.39, 0.29) is 16.1 Å². The van der Waals surface area contributed by atoms with Crippen LogP contribution in [0.25, 0.3) is 10.2 Å². The van der Waals surface area contributed by atoms with Gasteiger partial charge in [-0.3, -0.25) is 9.52 Å². The van der Waals surface area contributed by atoms with Crippen LogP contribution in [0.1, 0.15) is 20.7 Å². The molecule has 0 spiro atoms. The van der Waals surface area contributed by atoms with Crippen LogP contribution in [-0.2, 0) is 26.0 Å². The number of hydrogen-bond acceptors (Lipinski definition) is 7. The number of anilines is 1. The van der Waals surface area contributed by atoms with E-state index in [2.05, 4.69) is 9.71 Å². The second-order valence-corrected chi connectivity index (χ2v) is 10.3. The molecule has 186 valence electrons. The van der Waals surface area contributed by atoms with Gasteiger partial charge >= 0.3 is 5.97 Å². The van der Waals surface area contributed by atoms with Gasteiger partial charge in [0.25, 0.3) is 15.9 Å². The summed E-state index contributed by atoms with van der Waals surface area (Å²) >= 11 is 1.25. The fraction of sp³-hybridized carbons (Fsp3) is 0.160. The van der Waals surface area contributed by atoms with E-state index in [1.54, 1.807) is 61.7 Å². The molecule has 0 saturated heterocycles. The molecule has 0 bridgehead atoms. The third kappa shape index (κ3) is 5.54. The van der Waals surface area contributed by atoms with E-state index in [9.17, 15) is 18.0 Å². The number of nitrogens with one attached hydrogen (secondary N) is 1. The summed E-state index contributed by atoms with van der Waals surface area (Å²) in [6.45, 7) is 0.833. The Kier molecular flexibility index (Phi) is 7.63.